The average Bonchev–Trinajstić information content (AvgIpc) is 4.22. The Morgan fingerprint density at radius 1 is 0.731 bits per heavy atom. The molecule has 15 heteroatoms. The third-order valence-electron chi connectivity index (χ3n) is 14.3. The number of hydrogen-bond donors (Lipinski definition) is 2. The Kier molecular flexibility index (Phi) is 15.8. The van der Waals surface area contributed by atoms with Crippen LogP contribution >= 0.6 is 0 Å². The zero-order chi connectivity index (χ0) is 47.0. The van der Waals surface area contributed by atoms with Gasteiger partial charge in [-0.3, -0.25) is 28.9 Å². The van der Waals surface area contributed by atoms with Crippen molar-refractivity contribution in [2.45, 2.75) is 115 Å². The summed E-state index contributed by atoms with van der Waals surface area (Å²) in [6.07, 6.45) is 10.1. The molecular weight excluding hydrogens is 857 g/mol. The lowest BCUT2D eigenvalue weighted by Crippen LogP contribution is -2.55. The molecule has 67 heavy (non-hydrogen) atoms. The van der Waals surface area contributed by atoms with E-state index in [0.717, 1.165) is 70.9 Å². The van der Waals surface area contributed by atoms with E-state index in [9.17, 15) is 24.0 Å². The van der Waals surface area contributed by atoms with Crippen LogP contribution in [0.15, 0.2) is 65.5 Å². The molecule has 4 aromatic rings. The second-order valence-electron chi connectivity index (χ2n) is 18.7. The van der Waals surface area contributed by atoms with Gasteiger partial charge in [0.25, 0.3) is 17.4 Å². The number of piperazine rings is 1. The molecule has 1 aromatic heterocycles. The van der Waals surface area contributed by atoms with Gasteiger partial charge < -0.3 is 24.8 Å². The minimum absolute atomic E-state index is 0.00180. The van der Waals surface area contributed by atoms with E-state index in [1.165, 1.54) is 12.1 Å². The quantitative estimate of drug-likeness (QED) is 0.157. The van der Waals surface area contributed by atoms with E-state index in [4.69, 9.17) is 4.74 Å². The van der Waals surface area contributed by atoms with Crippen LogP contribution in [0.5, 0.6) is 0 Å². The van der Waals surface area contributed by atoms with Crippen molar-refractivity contribution in [3.63, 3.8) is 0 Å². The largest absolute Gasteiger partial charge is 0.375 e. The maximum absolute atomic E-state index is 15.4. The van der Waals surface area contributed by atoms with E-state index in [0.29, 0.717) is 86.1 Å². The van der Waals surface area contributed by atoms with Crippen LogP contribution in [0.3, 0.4) is 0 Å². The first-order valence-electron chi connectivity index (χ1n) is 24.7. The number of H-pyrrole nitrogens is 1. The number of piperidine rings is 2. The van der Waals surface area contributed by atoms with Crippen LogP contribution in [0.2, 0.25) is 0 Å². The number of benzene rings is 3. The Labute approximate surface area is 391 Å². The SMILES string of the molecule is CC.O=C(NC(C(=O)N1CCC(OC2CCN(CC(=O)N3CCN(C(=O)c4cc(Cc5n[nH]c(=O)c6ccccc56)ccc4F)CC3)CC2)CC1)C1CCCCC1)c1cccc(C2CC2)c1F. The molecule has 5 aliphatic rings. The average molecular weight is 922 g/mol. The van der Waals surface area contributed by atoms with Gasteiger partial charge in [0.05, 0.1) is 41.0 Å². The van der Waals surface area contributed by atoms with Gasteiger partial charge in [-0.25, -0.2) is 13.9 Å². The van der Waals surface area contributed by atoms with Crippen LogP contribution in [0.1, 0.15) is 128 Å². The summed E-state index contributed by atoms with van der Waals surface area (Å²) in [6.45, 7) is 8.11. The number of likely N-dealkylation sites (tertiary alicyclic amines) is 2. The lowest BCUT2D eigenvalue weighted by molar-refractivity contribution is -0.140. The normalized spacial score (nSPS) is 19.4. The van der Waals surface area contributed by atoms with E-state index in [-0.39, 0.29) is 59.1 Å². The van der Waals surface area contributed by atoms with Crippen LogP contribution in [0.4, 0.5) is 8.78 Å². The zero-order valence-corrected chi connectivity index (χ0v) is 39.0. The molecule has 3 saturated heterocycles. The molecule has 9 rings (SSSR count). The fraction of sp³-hybridized carbons (Fsp3) is 0.538. The molecule has 2 saturated carbocycles. The van der Waals surface area contributed by atoms with Gasteiger partial charge in [-0.15, -0.1) is 0 Å². The number of ether oxygens (including phenoxy) is 1. The molecule has 13 nitrogen and oxygen atoms in total. The molecular formula is C52H65F2N7O6. The minimum Gasteiger partial charge on any atom is -0.375 e. The number of rotatable bonds is 12. The van der Waals surface area contributed by atoms with Crippen LogP contribution in [-0.2, 0) is 20.7 Å². The second kappa shape index (κ2) is 22.0. The van der Waals surface area contributed by atoms with E-state index in [2.05, 4.69) is 20.4 Å². The van der Waals surface area contributed by atoms with E-state index in [1.54, 1.807) is 46.2 Å². The summed E-state index contributed by atoms with van der Waals surface area (Å²) in [5.74, 6) is -1.90. The summed E-state index contributed by atoms with van der Waals surface area (Å²) in [7, 11) is 0. The minimum atomic E-state index is -0.684. The molecule has 3 aliphatic heterocycles. The number of amides is 4. The smallest absolute Gasteiger partial charge is 0.272 e. The molecule has 4 heterocycles. The van der Waals surface area contributed by atoms with Gasteiger partial charge in [0, 0.05) is 64.2 Å². The summed E-state index contributed by atoms with van der Waals surface area (Å²) in [5.41, 5.74) is 1.59. The van der Waals surface area contributed by atoms with Crippen molar-refractivity contribution in [1.29, 1.82) is 0 Å². The molecule has 2 N–H and O–H groups in total. The van der Waals surface area contributed by atoms with Crippen molar-refractivity contribution >= 4 is 34.4 Å². The Bertz CT molecular complexity index is 2450. The van der Waals surface area contributed by atoms with E-state index >= 15 is 8.78 Å². The van der Waals surface area contributed by atoms with Crippen molar-refractivity contribution < 1.29 is 32.7 Å². The number of aromatic nitrogens is 2. The molecule has 1 atom stereocenters. The van der Waals surface area contributed by atoms with Crippen LogP contribution in [0, 0.1) is 17.6 Å². The van der Waals surface area contributed by atoms with Gasteiger partial charge in [-0.05, 0) is 98.6 Å². The first-order chi connectivity index (χ1) is 32.6. The Hall–Kier alpha value is -5.54. The molecule has 0 spiro atoms. The van der Waals surface area contributed by atoms with Gasteiger partial charge in [0.15, 0.2) is 0 Å². The summed E-state index contributed by atoms with van der Waals surface area (Å²) in [5, 5.41) is 11.0. The molecule has 1 unspecified atom stereocenters. The van der Waals surface area contributed by atoms with Crippen LogP contribution in [0.25, 0.3) is 10.8 Å². The molecule has 0 radical (unpaired) electrons. The summed E-state index contributed by atoms with van der Waals surface area (Å²) in [6, 6.07) is 15.9. The highest BCUT2D eigenvalue weighted by atomic mass is 19.1. The number of carbonyl (C=O) groups excluding carboxylic acids is 4. The molecule has 4 amide bonds. The van der Waals surface area contributed by atoms with Gasteiger partial charge in [0.1, 0.15) is 17.7 Å². The third-order valence-corrected chi connectivity index (χ3v) is 14.3. The fourth-order valence-corrected chi connectivity index (χ4v) is 10.4. The summed E-state index contributed by atoms with van der Waals surface area (Å²) < 4.78 is 37.0. The lowest BCUT2D eigenvalue weighted by Gasteiger charge is -2.40. The number of hydrogen-bond acceptors (Lipinski definition) is 8. The van der Waals surface area contributed by atoms with Crippen LogP contribution in [-0.4, -0.2) is 131 Å². The third kappa shape index (κ3) is 11.4. The van der Waals surface area contributed by atoms with Gasteiger partial charge in [0.2, 0.25) is 11.8 Å². The highest BCUT2D eigenvalue weighted by Gasteiger charge is 2.38. The van der Waals surface area contributed by atoms with Gasteiger partial charge in [-0.2, -0.15) is 5.10 Å². The first-order valence-corrected chi connectivity index (χ1v) is 24.7. The number of fused-ring (bicyclic) bond motifs is 1. The van der Waals surface area contributed by atoms with Crippen molar-refractivity contribution in [3.05, 3.63) is 111 Å². The monoisotopic (exact) mass is 921 g/mol. The highest BCUT2D eigenvalue weighted by molar-refractivity contribution is 5.98. The van der Waals surface area contributed by atoms with Gasteiger partial charge >= 0.3 is 0 Å². The second-order valence-corrected chi connectivity index (χ2v) is 18.7. The Morgan fingerprint density at radius 3 is 2.07 bits per heavy atom. The number of carbonyl (C=O) groups is 4. The first kappa shape index (κ1) is 47.9. The number of nitrogens with one attached hydrogen (secondary N) is 2. The number of halogens is 2. The lowest BCUT2D eigenvalue weighted by atomic mass is 9.83. The van der Waals surface area contributed by atoms with E-state index < -0.39 is 29.5 Å². The predicted molar refractivity (Wildman–Crippen MR) is 252 cm³/mol. The van der Waals surface area contributed by atoms with Crippen molar-refractivity contribution in [2.75, 3.05) is 58.9 Å². The summed E-state index contributed by atoms with van der Waals surface area (Å²) in [4.78, 5) is 74.2. The van der Waals surface area contributed by atoms with Crippen molar-refractivity contribution in [2.24, 2.45) is 5.92 Å². The molecule has 358 valence electrons. The zero-order valence-electron chi connectivity index (χ0n) is 39.0. The fourth-order valence-electron chi connectivity index (χ4n) is 10.4. The van der Waals surface area contributed by atoms with Gasteiger partial charge in [-0.1, -0.05) is 69.5 Å². The van der Waals surface area contributed by atoms with Crippen molar-refractivity contribution in [1.82, 2.24) is 35.1 Å². The maximum atomic E-state index is 15.4. The van der Waals surface area contributed by atoms with E-state index in [1.807, 2.05) is 30.9 Å². The molecule has 3 aromatic carbocycles. The molecule has 0 bridgehead atoms. The Morgan fingerprint density at radius 2 is 1.39 bits per heavy atom. The van der Waals surface area contributed by atoms with Crippen molar-refractivity contribution in [3.8, 4) is 0 Å². The standard InChI is InChI=1S/C50H59F2N7O6.C2H6/c51-42-16-13-32(30-43-38-9-4-5-10-39(38)48(62)55-54-43)29-41(42)49(63)59-27-25-57(26-28-59)44(60)31-56-21-17-35(18-22-56)65-36-19-23-58(24-20-36)50(64)46(34-7-2-1-3-8-34)53-47(61)40-12-6-11-37(45(40)52)33-14-15-33;1-2/h4-6,9-13,16,29,33-36,46H,1-3,7-8,14-15,17-28,30-31H2,(H,53,61)(H,55,62);1-2H3. The molecule has 2 aliphatic carbocycles. The number of nitrogens with zero attached hydrogens (tertiary/aromatic N) is 5. The predicted octanol–water partition coefficient (Wildman–Crippen LogP) is 6.83. The topological polar surface area (TPSA) is 148 Å². The molecule has 5 fully saturated rings. The summed E-state index contributed by atoms with van der Waals surface area (Å²) >= 11 is 0. The Balaban J connectivity index is 0.00000300. The maximum Gasteiger partial charge on any atom is 0.272 e. The van der Waals surface area contributed by atoms with Crippen LogP contribution < -0.4 is 10.9 Å². The number of aromatic amines is 1. The highest BCUT2D eigenvalue weighted by Crippen LogP contribution is 2.42.